The van der Waals surface area contributed by atoms with Crippen LogP contribution in [0.25, 0.3) is 22.6 Å². The van der Waals surface area contributed by atoms with Gasteiger partial charge in [-0.3, -0.25) is 9.78 Å². The normalized spacial score (nSPS) is 12.2. The zero-order valence-electron chi connectivity index (χ0n) is 18.6. The standard InChI is InChI=1S/C23H19ClF3N5O2S/c1-22(2,21-30-17(11-35-21)12-3-5-14(24)6-4-12)8-7-16-15(9-13(10-29-16)18(28)33)19-31-20(34-32-19)23(25,26)27/h3-6,9-11H,7-8H2,1-2H3,(H2,28,33). The number of halogens is 4. The number of nitrogens with zero attached hydrogens (tertiary/aromatic N) is 4. The van der Waals surface area contributed by atoms with E-state index in [9.17, 15) is 18.0 Å². The molecule has 182 valence electrons. The summed E-state index contributed by atoms with van der Waals surface area (Å²) in [5.74, 6) is -2.58. The third-order valence-electron chi connectivity index (χ3n) is 5.37. The molecule has 0 unspecified atom stereocenters. The maximum atomic E-state index is 13.0. The van der Waals surface area contributed by atoms with Gasteiger partial charge in [0.25, 0.3) is 0 Å². The highest BCUT2D eigenvalue weighted by Gasteiger charge is 2.39. The van der Waals surface area contributed by atoms with Gasteiger partial charge < -0.3 is 10.3 Å². The molecule has 0 fully saturated rings. The number of hydrogen-bond donors (Lipinski definition) is 1. The fraction of sp³-hybridized carbons (Fsp3) is 0.261. The summed E-state index contributed by atoms with van der Waals surface area (Å²) in [4.78, 5) is 24.1. The molecule has 35 heavy (non-hydrogen) atoms. The minimum atomic E-state index is -4.80. The Morgan fingerprint density at radius 3 is 2.51 bits per heavy atom. The minimum Gasteiger partial charge on any atom is -0.366 e. The van der Waals surface area contributed by atoms with Crippen molar-refractivity contribution in [3.05, 3.63) is 69.1 Å². The van der Waals surface area contributed by atoms with Crippen LogP contribution in [0, 0.1) is 0 Å². The lowest BCUT2D eigenvalue weighted by atomic mass is 9.87. The maximum absolute atomic E-state index is 13.0. The predicted molar refractivity (Wildman–Crippen MR) is 125 cm³/mol. The van der Waals surface area contributed by atoms with Crippen LogP contribution < -0.4 is 5.73 Å². The average Bonchev–Trinajstić information content (AvgIpc) is 3.49. The average molecular weight is 522 g/mol. The summed E-state index contributed by atoms with van der Waals surface area (Å²) in [6.07, 6.45) is -2.61. The monoisotopic (exact) mass is 521 g/mol. The first-order valence-electron chi connectivity index (χ1n) is 10.4. The molecular weight excluding hydrogens is 503 g/mol. The maximum Gasteiger partial charge on any atom is 0.471 e. The second kappa shape index (κ2) is 9.38. The topological polar surface area (TPSA) is 108 Å². The number of hydrogen-bond acceptors (Lipinski definition) is 7. The van der Waals surface area contributed by atoms with Crippen LogP contribution in [0.3, 0.4) is 0 Å². The highest BCUT2D eigenvalue weighted by atomic mass is 35.5. The van der Waals surface area contributed by atoms with Gasteiger partial charge in [-0.1, -0.05) is 42.7 Å². The minimum absolute atomic E-state index is 0.0221. The Kier molecular flexibility index (Phi) is 6.65. The lowest BCUT2D eigenvalue weighted by Crippen LogP contribution is -2.19. The molecule has 0 saturated heterocycles. The Bertz CT molecular complexity index is 1370. The molecule has 4 aromatic rings. The van der Waals surface area contributed by atoms with Crippen molar-refractivity contribution in [1.82, 2.24) is 20.1 Å². The molecular formula is C23H19ClF3N5O2S. The Hall–Kier alpha value is -3.31. The number of alkyl halides is 3. The number of aryl methyl sites for hydroxylation is 1. The summed E-state index contributed by atoms with van der Waals surface area (Å²) in [6.45, 7) is 4.04. The van der Waals surface area contributed by atoms with Crippen molar-refractivity contribution in [3.8, 4) is 22.6 Å². The van der Waals surface area contributed by atoms with E-state index in [2.05, 4.69) is 19.6 Å². The number of rotatable bonds is 7. The number of pyridine rings is 1. The van der Waals surface area contributed by atoms with Gasteiger partial charge in [0, 0.05) is 33.1 Å². The zero-order chi connectivity index (χ0) is 25.4. The van der Waals surface area contributed by atoms with E-state index in [1.165, 1.54) is 23.6 Å². The zero-order valence-corrected chi connectivity index (χ0v) is 20.1. The molecule has 1 aromatic carbocycles. The highest BCUT2D eigenvalue weighted by Crippen LogP contribution is 2.35. The van der Waals surface area contributed by atoms with Gasteiger partial charge in [-0.15, -0.1) is 11.3 Å². The first kappa shape index (κ1) is 24.8. The van der Waals surface area contributed by atoms with E-state index in [0.29, 0.717) is 23.6 Å². The second-order valence-electron chi connectivity index (χ2n) is 8.43. The van der Waals surface area contributed by atoms with Gasteiger partial charge in [0.2, 0.25) is 11.7 Å². The van der Waals surface area contributed by atoms with Crippen molar-refractivity contribution in [2.45, 2.75) is 38.3 Å². The summed E-state index contributed by atoms with van der Waals surface area (Å²) in [7, 11) is 0. The Morgan fingerprint density at radius 2 is 1.89 bits per heavy atom. The van der Waals surface area contributed by atoms with E-state index in [0.717, 1.165) is 16.3 Å². The van der Waals surface area contributed by atoms with Crippen molar-refractivity contribution in [2.75, 3.05) is 0 Å². The largest absolute Gasteiger partial charge is 0.471 e. The lowest BCUT2D eigenvalue weighted by molar-refractivity contribution is -0.159. The van der Waals surface area contributed by atoms with E-state index in [4.69, 9.17) is 22.3 Å². The van der Waals surface area contributed by atoms with Crippen LogP contribution in [-0.4, -0.2) is 26.0 Å². The van der Waals surface area contributed by atoms with Crippen LogP contribution in [-0.2, 0) is 18.0 Å². The number of thiazole rings is 1. The van der Waals surface area contributed by atoms with Gasteiger partial charge in [-0.05, 0) is 31.0 Å². The van der Waals surface area contributed by atoms with Crippen molar-refractivity contribution in [2.24, 2.45) is 5.73 Å². The molecule has 2 N–H and O–H groups in total. The van der Waals surface area contributed by atoms with E-state index >= 15 is 0 Å². The van der Waals surface area contributed by atoms with Crippen molar-refractivity contribution < 1.29 is 22.5 Å². The fourth-order valence-corrected chi connectivity index (χ4v) is 4.45. The molecule has 0 atom stereocenters. The van der Waals surface area contributed by atoms with Gasteiger partial charge in [-0.2, -0.15) is 18.2 Å². The summed E-state index contributed by atoms with van der Waals surface area (Å²) in [6, 6.07) is 8.71. The van der Waals surface area contributed by atoms with Crippen LogP contribution in [0.5, 0.6) is 0 Å². The van der Waals surface area contributed by atoms with Crippen LogP contribution in [0.2, 0.25) is 5.02 Å². The van der Waals surface area contributed by atoms with E-state index in [-0.39, 0.29) is 22.4 Å². The van der Waals surface area contributed by atoms with E-state index in [1.807, 2.05) is 31.4 Å². The highest BCUT2D eigenvalue weighted by molar-refractivity contribution is 7.10. The smallest absolute Gasteiger partial charge is 0.366 e. The molecule has 1 amide bonds. The lowest BCUT2D eigenvalue weighted by Gasteiger charge is -2.22. The Labute approximate surface area is 207 Å². The molecule has 0 saturated carbocycles. The third kappa shape index (κ3) is 5.51. The number of nitrogens with two attached hydrogens (primary N) is 1. The summed E-state index contributed by atoms with van der Waals surface area (Å²) >= 11 is 7.48. The van der Waals surface area contributed by atoms with E-state index in [1.54, 1.807) is 12.1 Å². The first-order valence-corrected chi connectivity index (χ1v) is 11.6. The summed E-state index contributed by atoms with van der Waals surface area (Å²) in [5.41, 5.74) is 7.29. The van der Waals surface area contributed by atoms with Crippen molar-refractivity contribution in [3.63, 3.8) is 0 Å². The number of amides is 1. The molecule has 3 heterocycles. The number of benzene rings is 1. The van der Waals surface area contributed by atoms with Gasteiger partial charge in [0.05, 0.1) is 22.0 Å². The summed E-state index contributed by atoms with van der Waals surface area (Å²) in [5, 5.41) is 6.93. The predicted octanol–water partition coefficient (Wildman–Crippen LogP) is 5.94. The van der Waals surface area contributed by atoms with Crippen LogP contribution in [0.1, 0.15) is 47.2 Å². The molecule has 7 nitrogen and oxygen atoms in total. The SMILES string of the molecule is CC(C)(CCc1ncc(C(N)=O)cc1-c1noc(C(F)(F)F)n1)c1nc(-c2ccc(Cl)cc2)cs1. The van der Waals surface area contributed by atoms with E-state index < -0.39 is 18.0 Å². The second-order valence-corrected chi connectivity index (χ2v) is 9.73. The molecule has 0 bridgehead atoms. The molecule has 0 radical (unpaired) electrons. The quantitative estimate of drug-likeness (QED) is 0.322. The van der Waals surface area contributed by atoms with Crippen LogP contribution in [0.4, 0.5) is 13.2 Å². The van der Waals surface area contributed by atoms with Crippen molar-refractivity contribution >= 4 is 28.8 Å². The van der Waals surface area contributed by atoms with Crippen LogP contribution in [0.15, 0.2) is 46.4 Å². The number of primary amides is 1. The molecule has 0 spiro atoms. The molecule has 0 aliphatic rings. The summed E-state index contributed by atoms with van der Waals surface area (Å²) < 4.78 is 43.2. The molecule has 12 heteroatoms. The Balaban J connectivity index is 1.60. The number of carbonyl (C=O) groups excluding carboxylic acids is 1. The van der Waals surface area contributed by atoms with Crippen molar-refractivity contribution in [1.29, 1.82) is 0 Å². The molecule has 3 aromatic heterocycles. The molecule has 0 aliphatic heterocycles. The Morgan fingerprint density at radius 1 is 1.17 bits per heavy atom. The third-order valence-corrected chi connectivity index (χ3v) is 6.83. The van der Waals surface area contributed by atoms with Gasteiger partial charge in [0.15, 0.2) is 0 Å². The van der Waals surface area contributed by atoms with Gasteiger partial charge >= 0.3 is 12.1 Å². The first-order chi connectivity index (χ1) is 16.4. The fourth-order valence-electron chi connectivity index (χ4n) is 3.34. The number of aromatic nitrogens is 4. The van der Waals surface area contributed by atoms with Gasteiger partial charge in [-0.25, -0.2) is 4.98 Å². The molecule has 0 aliphatic carbocycles. The number of carbonyl (C=O) groups is 1. The van der Waals surface area contributed by atoms with Gasteiger partial charge in [0.1, 0.15) is 0 Å². The molecule has 4 rings (SSSR count). The van der Waals surface area contributed by atoms with Crippen LogP contribution >= 0.6 is 22.9 Å².